The van der Waals surface area contributed by atoms with Crippen LogP contribution in [0.25, 0.3) is 0 Å². The Bertz CT molecular complexity index is 847. The Kier molecular flexibility index (Phi) is 7.38. The lowest BCUT2D eigenvalue weighted by atomic mass is 10.1. The quantitative estimate of drug-likeness (QED) is 0.714. The van der Waals surface area contributed by atoms with E-state index in [-0.39, 0.29) is 17.3 Å². The number of nitrogens with one attached hydrogen (secondary N) is 1. The summed E-state index contributed by atoms with van der Waals surface area (Å²) in [4.78, 5) is 12.2. The smallest absolute Gasteiger partial charge is 0.251 e. The number of rotatable bonds is 9. The molecule has 0 aliphatic rings. The SMILES string of the molecule is CCCNC(=O)c1ccc(CN(CC)S(=O)(=O)c2ccc(OC)cc2)cc1. The fourth-order valence-corrected chi connectivity index (χ4v) is 4.01. The second kappa shape index (κ2) is 9.53. The van der Waals surface area contributed by atoms with Crippen molar-refractivity contribution in [3.05, 3.63) is 59.7 Å². The molecular weight excluding hydrogens is 364 g/mol. The molecule has 0 aliphatic heterocycles. The van der Waals surface area contributed by atoms with E-state index in [0.29, 0.717) is 24.4 Å². The van der Waals surface area contributed by atoms with Crippen molar-refractivity contribution in [1.82, 2.24) is 9.62 Å². The van der Waals surface area contributed by atoms with Gasteiger partial charge in [0, 0.05) is 25.2 Å². The molecule has 0 aliphatic carbocycles. The van der Waals surface area contributed by atoms with Crippen molar-refractivity contribution in [3.63, 3.8) is 0 Å². The Morgan fingerprint density at radius 1 is 1.04 bits per heavy atom. The van der Waals surface area contributed by atoms with Crippen LogP contribution in [0.3, 0.4) is 0 Å². The molecule has 0 spiro atoms. The molecule has 0 bridgehead atoms. The van der Waals surface area contributed by atoms with Crippen molar-refractivity contribution in [2.45, 2.75) is 31.7 Å². The number of carbonyl (C=O) groups excluding carboxylic acids is 1. The Morgan fingerprint density at radius 3 is 2.19 bits per heavy atom. The lowest BCUT2D eigenvalue weighted by Gasteiger charge is -2.21. The van der Waals surface area contributed by atoms with E-state index in [0.717, 1.165) is 12.0 Å². The normalized spacial score (nSPS) is 11.4. The third-order valence-corrected chi connectivity index (χ3v) is 6.10. The van der Waals surface area contributed by atoms with E-state index in [9.17, 15) is 13.2 Å². The zero-order valence-corrected chi connectivity index (χ0v) is 16.8. The predicted octanol–water partition coefficient (Wildman–Crippen LogP) is 3.05. The van der Waals surface area contributed by atoms with Gasteiger partial charge in [0.1, 0.15) is 5.75 Å². The molecule has 0 radical (unpaired) electrons. The third-order valence-electron chi connectivity index (χ3n) is 4.16. The van der Waals surface area contributed by atoms with Crippen LogP contribution in [-0.4, -0.2) is 38.8 Å². The first-order valence-electron chi connectivity index (χ1n) is 8.93. The predicted molar refractivity (Wildman–Crippen MR) is 105 cm³/mol. The molecular formula is C20H26N2O4S. The van der Waals surface area contributed by atoms with E-state index >= 15 is 0 Å². The van der Waals surface area contributed by atoms with Crippen LogP contribution < -0.4 is 10.1 Å². The summed E-state index contributed by atoms with van der Waals surface area (Å²) in [6.45, 7) is 5.00. The molecule has 0 saturated carbocycles. The maximum atomic E-state index is 12.9. The Hall–Kier alpha value is -2.38. The van der Waals surface area contributed by atoms with Crippen LogP contribution in [0.15, 0.2) is 53.4 Å². The van der Waals surface area contributed by atoms with Crippen LogP contribution in [0.1, 0.15) is 36.2 Å². The van der Waals surface area contributed by atoms with Crippen LogP contribution in [0.5, 0.6) is 5.75 Å². The first kappa shape index (κ1) is 20.9. The Labute approximate surface area is 161 Å². The number of amides is 1. The molecule has 146 valence electrons. The second-order valence-corrected chi connectivity index (χ2v) is 8.00. The van der Waals surface area contributed by atoms with Crippen LogP contribution in [-0.2, 0) is 16.6 Å². The van der Waals surface area contributed by atoms with Crippen molar-refractivity contribution in [1.29, 1.82) is 0 Å². The summed E-state index contributed by atoms with van der Waals surface area (Å²) in [7, 11) is -2.08. The van der Waals surface area contributed by atoms with Crippen molar-refractivity contribution in [3.8, 4) is 5.75 Å². The zero-order valence-electron chi connectivity index (χ0n) is 15.9. The van der Waals surface area contributed by atoms with E-state index in [4.69, 9.17) is 4.74 Å². The molecule has 1 N–H and O–H groups in total. The Morgan fingerprint density at radius 2 is 1.67 bits per heavy atom. The summed E-state index contributed by atoms with van der Waals surface area (Å²) < 4.78 is 32.2. The van der Waals surface area contributed by atoms with Gasteiger partial charge in [-0.1, -0.05) is 26.0 Å². The number of benzene rings is 2. The van der Waals surface area contributed by atoms with E-state index in [2.05, 4.69) is 5.32 Å². The van der Waals surface area contributed by atoms with Crippen LogP contribution in [0.4, 0.5) is 0 Å². The van der Waals surface area contributed by atoms with E-state index < -0.39 is 10.0 Å². The number of sulfonamides is 1. The fraction of sp³-hybridized carbons (Fsp3) is 0.350. The van der Waals surface area contributed by atoms with Crippen molar-refractivity contribution >= 4 is 15.9 Å². The summed E-state index contributed by atoms with van der Waals surface area (Å²) in [5, 5.41) is 2.82. The van der Waals surface area contributed by atoms with Gasteiger partial charge >= 0.3 is 0 Å². The van der Waals surface area contributed by atoms with Gasteiger partial charge in [-0.25, -0.2) is 8.42 Å². The van der Waals surface area contributed by atoms with Gasteiger partial charge in [0.15, 0.2) is 0 Å². The molecule has 0 unspecified atom stereocenters. The highest BCUT2D eigenvalue weighted by Crippen LogP contribution is 2.21. The molecule has 2 aromatic rings. The number of methoxy groups -OCH3 is 1. The van der Waals surface area contributed by atoms with Gasteiger partial charge in [0.2, 0.25) is 10.0 Å². The van der Waals surface area contributed by atoms with E-state index in [1.165, 1.54) is 23.5 Å². The van der Waals surface area contributed by atoms with Crippen LogP contribution >= 0.6 is 0 Å². The third kappa shape index (κ3) is 5.30. The number of hydrogen-bond acceptors (Lipinski definition) is 4. The molecule has 7 heteroatoms. The lowest BCUT2D eigenvalue weighted by Crippen LogP contribution is -2.30. The number of carbonyl (C=O) groups is 1. The second-order valence-electron chi connectivity index (χ2n) is 6.06. The topological polar surface area (TPSA) is 75.7 Å². The number of nitrogens with zero attached hydrogens (tertiary/aromatic N) is 1. The first-order valence-corrected chi connectivity index (χ1v) is 10.4. The van der Waals surface area contributed by atoms with Crippen molar-refractivity contribution in [2.24, 2.45) is 0 Å². The largest absolute Gasteiger partial charge is 0.497 e. The molecule has 0 saturated heterocycles. The van der Waals surface area contributed by atoms with Gasteiger partial charge in [-0.15, -0.1) is 0 Å². The average molecular weight is 391 g/mol. The summed E-state index contributed by atoms with van der Waals surface area (Å²) in [6.07, 6.45) is 0.874. The van der Waals surface area contributed by atoms with E-state index in [1.807, 2.05) is 6.92 Å². The van der Waals surface area contributed by atoms with Gasteiger partial charge in [0.25, 0.3) is 5.91 Å². The molecule has 1 amide bonds. The molecule has 27 heavy (non-hydrogen) atoms. The minimum Gasteiger partial charge on any atom is -0.497 e. The summed E-state index contributed by atoms with van der Waals surface area (Å²) in [5.41, 5.74) is 1.38. The minimum absolute atomic E-state index is 0.124. The van der Waals surface area contributed by atoms with Gasteiger partial charge in [0.05, 0.1) is 12.0 Å². The first-order chi connectivity index (χ1) is 12.9. The summed E-state index contributed by atoms with van der Waals surface area (Å²) >= 11 is 0. The maximum absolute atomic E-state index is 12.9. The zero-order chi connectivity index (χ0) is 19.9. The molecule has 0 atom stereocenters. The lowest BCUT2D eigenvalue weighted by molar-refractivity contribution is 0.0953. The van der Waals surface area contributed by atoms with E-state index in [1.54, 1.807) is 43.3 Å². The molecule has 6 nitrogen and oxygen atoms in total. The fourth-order valence-electron chi connectivity index (χ4n) is 2.57. The van der Waals surface area contributed by atoms with Gasteiger partial charge in [-0.2, -0.15) is 4.31 Å². The van der Waals surface area contributed by atoms with Gasteiger partial charge in [-0.05, 0) is 48.4 Å². The highest BCUT2D eigenvalue weighted by atomic mass is 32.2. The minimum atomic E-state index is -3.61. The standard InChI is InChI=1S/C20H26N2O4S/c1-4-14-21-20(23)17-8-6-16(7-9-17)15-22(5-2)27(24,25)19-12-10-18(26-3)11-13-19/h6-13H,4-5,14-15H2,1-3H3,(H,21,23). The maximum Gasteiger partial charge on any atom is 0.251 e. The van der Waals surface area contributed by atoms with Crippen LogP contribution in [0, 0.1) is 0 Å². The molecule has 0 aromatic heterocycles. The highest BCUT2D eigenvalue weighted by Gasteiger charge is 2.23. The molecule has 2 rings (SSSR count). The summed E-state index contributed by atoms with van der Waals surface area (Å²) in [5.74, 6) is 0.482. The van der Waals surface area contributed by atoms with Crippen molar-refractivity contribution < 1.29 is 17.9 Å². The van der Waals surface area contributed by atoms with Gasteiger partial charge in [-0.3, -0.25) is 4.79 Å². The van der Waals surface area contributed by atoms with Crippen LogP contribution in [0.2, 0.25) is 0 Å². The summed E-state index contributed by atoms with van der Waals surface area (Å²) in [6, 6.07) is 13.3. The van der Waals surface area contributed by atoms with Gasteiger partial charge < -0.3 is 10.1 Å². The molecule has 0 heterocycles. The molecule has 2 aromatic carbocycles. The monoisotopic (exact) mass is 390 g/mol. The number of hydrogen-bond donors (Lipinski definition) is 1. The average Bonchev–Trinajstić information content (AvgIpc) is 2.70. The highest BCUT2D eigenvalue weighted by molar-refractivity contribution is 7.89. The number of ether oxygens (including phenoxy) is 1. The Balaban J connectivity index is 2.14. The molecule has 0 fully saturated rings. The van der Waals surface area contributed by atoms with Crippen molar-refractivity contribution in [2.75, 3.05) is 20.2 Å².